The molecule has 0 atom stereocenters. The van der Waals surface area contributed by atoms with E-state index in [0.717, 1.165) is 5.82 Å². The zero-order valence-corrected chi connectivity index (χ0v) is 10.9. The molecule has 0 aliphatic rings. The molecule has 1 rings (SSSR count). The minimum Gasteiger partial charge on any atom is -0.395 e. The maximum Gasteiger partial charge on any atom is 0.145 e. The molecule has 0 fully saturated rings. The lowest BCUT2D eigenvalue weighted by Crippen LogP contribution is -2.26. The van der Waals surface area contributed by atoms with E-state index in [4.69, 9.17) is 10.9 Å². The molecule has 0 amide bonds. The molecule has 1 heterocycles. The number of rotatable bonds is 4. The second-order valence-corrected chi connectivity index (χ2v) is 4.97. The van der Waals surface area contributed by atoms with Crippen molar-refractivity contribution in [1.82, 2.24) is 9.97 Å². The van der Waals surface area contributed by atoms with Crippen molar-refractivity contribution in [3.8, 4) is 0 Å². The van der Waals surface area contributed by atoms with E-state index in [1.165, 1.54) is 0 Å². The number of nitrogens with zero attached hydrogens (tertiary/aromatic N) is 3. The van der Waals surface area contributed by atoms with Crippen molar-refractivity contribution in [1.29, 1.82) is 0 Å². The van der Waals surface area contributed by atoms with Crippen molar-refractivity contribution < 1.29 is 5.11 Å². The predicted octanol–water partition coefficient (Wildman–Crippen LogP) is 0.488. The van der Waals surface area contributed by atoms with Crippen LogP contribution < -0.4 is 16.2 Å². The third kappa shape index (κ3) is 3.54. The fourth-order valence-corrected chi connectivity index (χ4v) is 1.30. The Hall–Kier alpha value is -1.40. The largest absolute Gasteiger partial charge is 0.395 e. The number of nitrogens with one attached hydrogen (secondary N) is 1. The number of hydrazine groups is 1. The van der Waals surface area contributed by atoms with E-state index >= 15 is 0 Å². The summed E-state index contributed by atoms with van der Waals surface area (Å²) in [7, 11) is 1.87. The maximum atomic E-state index is 8.93. The van der Waals surface area contributed by atoms with Gasteiger partial charge in [-0.15, -0.1) is 0 Å². The highest BCUT2D eigenvalue weighted by molar-refractivity contribution is 5.48. The SMILES string of the molecule is CN(CCO)c1cc(NN)nc(C(C)(C)C)n1. The van der Waals surface area contributed by atoms with E-state index in [1.807, 2.05) is 32.7 Å². The Morgan fingerprint density at radius 1 is 1.41 bits per heavy atom. The molecule has 0 unspecified atom stereocenters. The number of likely N-dealkylation sites (N-methyl/N-ethyl adjacent to an activating group) is 1. The predicted molar refractivity (Wildman–Crippen MR) is 68.9 cm³/mol. The van der Waals surface area contributed by atoms with Crippen LogP contribution >= 0.6 is 0 Å². The molecule has 1 aromatic heterocycles. The molecule has 17 heavy (non-hydrogen) atoms. The number of aliphatic hydroxyl groups is 1. The van der Waals surface area contributed by atoms with Gasteiger partial charge in [-0.1, -0.05) is 20.8 Å². The first kappa shape index (κ1) is 13.7. The quantitative estimate of drug-likeness (QED) is 0.523. The Bertz CT molecular complexity index is 375. The molecule has 0 saturated heterocycles. The molecule has 0 aliphatic heterocycles. The number of hydrogen-bond donors (Lipinski definition) is 3. The van der Waals surface area contributed by atoms with Gasteiger partial charge in [0.2, 0.25) is 0 Å². The third-order valence-electron chi connectivity index (χ3n) is 2.36. The molecule has 0 spiro atoms. The lowest BCUT2D eigenvalue weighted by Gasteiger charge is -2.22. The van der Waals surface area contributed by atoms with Crippen LogP contribution in [0.25, 0.3) is 0 Å². The van der Waals surface area contributed by atoms with Crippen molar-refractivity contribution >= 4 is 11.6 Å². The van der Waals surface area contributed by atoms with Crippen LogP contribution in [0.5, 0.6) is 0 Å². The van der Waals surface area contributed by atoms with E-state index in [1.54, 1.807) is 6.07 Å². The third-order valence-corrected chi connectivity index (χ3v) is 2.36. The monoisotopic (exact) mass is 239 g/mol. The maximum absolute atomic E-state index is 8.93. The molecule has 0 radical (unpaired) electrons. The first-order valence-corrected chi connectivity index (χ1v) is 5.56. The van der Waals surface area contributed by atoms with Crippen molar-refractivity contribution in [2.45, 2.75) is 26.2 Å². The van der Waals surface area contributed by atoms with Gasteiger partial charge < -0.3 is 15.4 Å². The average Bonchev–Trinajstić information content (AvgIpc) is 2.27. The van der Waals surface area contributed by atoms with Gasteiger partial charge in [0.25, 0.3) is 0 Å². The van der Waals surface area contributed by atoms with Gasteiger partial charge in [0.15, 0.2) is 0 Å². The number of nitrogens with two attached hydrogens (primary N) is 1. The molecular formula is C11H21N5O. The molecule has 6 nitrogen and oxygen atoms in total. The van der Waals surface area contributed by atoms with E-state index in [9.17, 15) is 0 Å². The van der Waals surface area contributed by atoms with Gasteiger partial charge in [0.1, 0.15) is 17.5 Å². The molecule has 96 valence electrons. The zero-order chi connectivity index (χ0) is 13.1. The van der Waals surface area contributed by atoms with Crippen molar-refractivity contribution in [2.75, 3.05) is 30.5 Å². The average molecular weight is 239 g/mol. The molecule has 0 saturated carbocycles. The lowest BCUT2D eigenvalue weighted by molar-refractivity contribution is 0.303. The molecule has 1 aromatic rings. The van der Waals surface area contributed by atoms with Crippen molar-refractivity contribution in [3.05, 3.63) is 11.9 Å². The van der Waals surface area contributed by atoms with Crippen LogP contribution in [0.15, 0.2) is 6.07 Å². The van der Waals surface area contributed by atoms with Crippen molar-refractivity contribution in [2.24, 2.45) is 5.84 Å². The van der Waals surface area contributed by atoms with E-state index in [2.05, 4.69) is 15.4 Å². The first-order chi connectivity index (χ1) is 7.88. The van der Waals surface area contributed by atoms with Crippen LogP contribution in [0.1, 0.15) is 26.6 Å². The molecule has 0 aromatic carbocycles. The fraction of sp³-hybridized carbons (Fsp3) is 0.636. The zero-order valence-electron chi connectivity index (χ0n) is 10.9. The summed E-state index contributed by atoms with van der Waals surface area (Å²) in [6, 6.07) is 1.75. The summed E-state index contributed by atoms with van der Waals surface area (Å²) < 4.78 is 0. The fourth-order valence-electron chi connectivity index (χ4n) is 1.30. The number of aliphatic hydroxyl groups excluding tert-OH is 1. The number of nitrogen functional groups attached to an aromatic ring is 1. The van der Waals surface area contributed by atoms with Gasteiger partial charge in [-0.2, -0.15) is 0 Å². The van der Waals surface area contributed by atoms with E-state index < -0.39 is 0 Å². The Labute approximate surface area is 102 Å². The number of anilines is 2. The summed E-state index contributed by atoms with van der Waals surface area (Å²) in [5.41, 5.74) is 2.39. The van der Waals surface area contributed by atoms with Gasteiger partial charge in [-0.05, 0) is 0 Å². The van der Waals surface area contributed by atoms with Crippen LogP contribution in [0.4, 0.5) is 11.6 Å². The highest BCUT2D eigenvalue weighted by Gasteiger charge is 2.19. The summed E-state index contributed by atoms with van der Waals surface area (Å²) in [6.45, 7) is 6.72. The lowest BCUT2D eigenvalue weighted by atomic mass is 9.96. The Morgan fingerprint density at radius 2 is 2.06 bits per heavy atom. The normalized spacial score (nSPS) is 11.4. The van der Waals surface area contributed by atoms with Crippen LogP contribution in [0, 0.1) is 0 Å². The Kier molecular flexibility index (Phi) is 4.25. The van der Waals surface area contributed by atoms with Crippen LogP contribution in [0.3, 0.4) is 0 Å². The van der Waals surface area contributed by atoms with Gasteiger partial charge in [0, 0.05) is 25.1 Å². The summed E-state index contributed by atoms with van der Waals surface area (Å²) in [5.74, 6) is 7.43. The highest BCUT2D eigenvalue weighted by Crippen LogP contribution is 2.23. The highest BCUT2D eigenvalue weighted by atomic mass is 16.3. The molecule has 6 heteroatoms. The van der Waals surface area contributed by atoms with Crippen molar-refractivity contribution in [3.63, 3.8) is 0 Å². The second-order valence-electron chi connectivity index (χ2n) is 4.97. The summed E-state index contributed by atoms with van der Waals surface area (Å²) in [6.07, 6.45) is 0. The molecule has 4 N–H and O–H groups in total. The van der Waals surface area contributed by atoms with Gasteiger partial charge in [-0.25, -0.2) is 15.8 Å². The van der Waals surface area contributed by atoms with E-state index in [0.29, 0.717) is 18.2 Å². The van der Waals surface area contributed by atoms with Crippen LogP contribution in [-0.4, -0.2) is 35.3 Å². The minimum absolute atomic E-state index is 0.0801. The summed E-state index contributed by atoms with van der Waals surface area (Å²) >= 11 is 0. The van der Waals surface area contributed by atoms with Gasteiger partial charge in [-0.3, -0.25) is 0 Å². The first-order valence-electron chi connectivity index (χ1n) is 5.56. The van der Waals surface area contributed by atoms with E-state index in [-0.39, 0.29) is 12.0 Å². The van der Waals surface area contributed by atoms with Crippen LogP contribution in [-0.2, 0) is 5.41 Å². The van der Waals surface area contributed by atoms with Crippen LogP contribution in [0.2, 0.25) is 0 Å². The van der Waals surface area contributed by atoms with Gasteiger partial charge >= 0.3 is 0 Å². The molecular weight excluding hydrogens is 218 g/mol. The smallest absolute Gasteiger partial charge is 0.145 e. The summed E-state index contributed by atoms with van der Waals surface area (Å²) in [4.78, 5) is 10.7. The Balaban J connectivity index is 3.14. The topological polar surface area (TPSA) is 87.3 Å². The summed E-state index contributed by atoms with van der Waals surface area (Å²) in [5, 5.41) is 8.93. The second kappa shape index (κ2) is 5.29. The molecule has 0 aliphatic carbocycles. The van der Waals surface area contributed by atoms with Gasteiger partial charge in [0.05, 0.1) is 6.61 Å². The standard InChI is InChI=1S/C11H21N5O/c1-11(2,3)10-13-8(15-12)7-9(14-10)16(4)5-6-17/h7,17H,5-6,12H2,1-4H3,(H,13,14,15). The number of hydrogen-bond acceptors (Lipinski definition) is 6. The molecule has 0 bridgehead atoms. The Morgan fingerprint density at radius 3 is 2.53 bits per heavy atom. The number of aromatic nitrogens is 2. The minimum atomic E-state index is -0.151.